The fraction of sp³-hybridized carbons (Fsp3) is 0.115. The topological polar surface area (TPSA) is 98.7 Å². The lowest BCUT2D eigenvalue weighted by molar-refractivity contribution is 0.0949. The van der Waals surface area contributed by atoms with E-state index in [0.717, 1.165) is 16.9 Å². The molecule has 0 aliphatic rings. The summed E-state index contributed by atoms with van der Waals surface area (Å²) in [6.07, 6.45) is 3.73. The number of benzene rings is 2. The SMILES string of the molecule is O=C(NCCc1ccccn1)c1coc(CSc2nnc(-c3ccccc3Cl)n2-c2ccccc2)n1. The second-order valence-corrected chi connectivity index (χ2v) is 9.05. The molecule has 3 aromatic heterocycles. The van der Waals surface area contributed by atoms with Crippen LogP contribution in [-0.4, -0.2) is 37.2 Å². The van der Waals surface area contributed by atoms with Crippen LogP contribution in [-0.2, 0) is 12.2 Å². The smallest absolute Gasteiger partial charge is 0.273 e. The van der Waals surface area contributed by atoms with Gasteiger partial charge in [0.05, 0.1) is 10.8 Å². The van der Waals surface area contributed by atoms with Gasteiger partial charge in [-0.25, -0.2) is 4.98 Å². The molecule has 1 amide bonds. The van der Waals surface area contributed by atoms with Crippen LogP contribution >= 0.6 is 23.4 Å². The monoisotopic (exact) mass is 516 g/mol. The number of rotatable bonds is 9. The van der Waals surface area contributed by atoms with E-state index in [1.54, 1.807) is 6.20 Å². The van der Waals surface area contributed by atoms with E-state index in [1.165, 1.54) is 18.0 Å². The molecule has 10 heteroatoms. The van der Waals surface area contributed by atoms with Gasteiger partial charge in [-0.2, -0.15) is 0 Å². The van der Waals surface area contributed by atoms with Gasteiger partial charge in [-0.05, 0) is 36.4 Å². The number of nitrogens with zero attached hydrogens (tertiary/aromatic N) is 5. The molecule has 8 nitrogen and oxygen atoms in total. The number of hydrogen-bond donors (Lipinski definition) is 1. The lowest BCUT2D eigenvalue weighted by atomic mass is 10.2. The molecule has 0 fully saturated rings. The summed E-state index contributed by atoms with van der Waals surface area (Å²) >= 11 is 7.86. The molecule has 0 unspecified atom stereocenters. The Hall–Kier alpha value is -3.95. The second kappa shape index (κ2) is 11.2. The Labute approximate surface area is 216 Å². The van der Waals surface area contributed by atoms with Crippen molar-refractivity contribution in [2.45, 2.75) is 17.3 Å². The normalized spacial score (nSPS) is 10.9. The first-order valence-corrected chi connectivity index (χ1v) is 12.6. The van der Waals surface area contributed by atoms with Crippen molar-refractivity contribution in [1.29, 1.82) is 0 Å². The van der Waals surface area contributed by atoms with Crippen molar-refractivity contribution in [3.63, 3.8) is 0 Å². The van der Waals surface area contributed by atoms with E-state index < -0.39 is 0 Å². The van der Waals surface area contributed by atoms with E-state index in [2.05, 4.69) is 25.5 Å². The number of nitrogens with one attached hydrogen (secondary N) is 1. The summed E-state index contributed by atoms with van der Waals surface area (Å²) < 4.78 is 7.49. The van der Waals surface area contributed by atoms with Crippen molar-refractivity contribution in [1.82, 2.24) is 30.0 Å². The molecule has 36 heavy (non-hydrogen) atoms. The zero-order valence-corrected chi connectivity index (χ0v) is 20.6. The number of carbonyl (C=O) groups is 1. The standard InChI is InChI=1S/C26H21ClN6O2S/c27-21-12-5-4-11-20(21)24-31-32-26(33(24)19-9-2-1-3-10-19)36-17-23-30-22(16-35-23)25(34)29-15-13-18-8-6-7-14-28-18/h1-12,14,16H,13,15,17H2,(H,29,34). The van der Waals surface area contributed by atoms with Crippen molar-refractivity contribution < 1.29 is 9.21 Å². The molecule has 1 N–H and O–H groups in total. The minimum absolute atomic E-state index is 0.230. The summed E-state index contributed by atoms with van der Waals surface area (Å²) in [6.45, 7) is 0.456. The van der Waals surface area contributed by atoms with Gasteiger partial charge in [0, 0.05) is 36.1 Å². The van der Waals surface area contributed by atoms with Crippen LogP contribution in [0.25, 0.3) is 17.1 Å². The van der Waals surface area contributed by atoms with Crippen molar-refractivity contribution in [2.24, 2.45) is 0 Å². The third-order valence-electron chi connectivity index (χ3n) is 5.26. The highest BCUT2D eigenvalue weighted by Gasteiger charge is 2.19. The molecule has 5 aromatic rings. The maximum atomic E-state index is 12.5. The predicted octanol–water partition coefficient (Wildman–Crippen LogP) is 5.24. The Morgan fingerprint density at radius 3 is 2.61 bits per heavy atom. The first-order valence-electron chi connectivity index (χ1n) is 11.2. The second-order valence-electron chi connectivity index (χ2n) is 7.70. The third-order valence-corrected chi connectivity index (χ3v) is 6.51. The molecular weight excluding hydrogens is 496 g/mol. The van der Waals surface area contributed by atoms with Gasteiger partial charge in [0.2, 0.25) is 5.89 Å². The van der Waals surface area contributed by atoms with Crippen LogP contribution in [0.2, 0.25) is 5.02 Å². The fourth-order valence-corrected chi connectivity index (χ4v) is 4.56. The Kier molecular flexibility index (Phi) is 7.39. The van der Waals surface area contributed by atoms with Crippen LogP contribution < -0.4 is 5.32 Å². The maximum Gasteiger partial charge on any atom is 0.273 e. The minimum atomic E-state index is -0.292. The van der Waals surface area contributed by atoms with Gasteiger partial charge in [0.1, 0.15) is 6.26 Å². The highest BCUT2D eigenvalue weighted by atomic mass is 35.5. The van der Waals surface area contributed by atoms with Crippen LogP contribution in [0.4, 0.5) is 0 Å². The lowest BCUT2D eigenvalue weighted by Gasteiger charge is -2.10. The molecule has 0 spiro atoms. The van der Waals surface area contributed by atoms with E-state index >= 15 is 0 Å². The zero-order chi connectivity index (χ0) is 24.7. The van der Waals surface area contributed by atoms with E-state index in [1.807, 2.05) is 77.4 Å². The van der Waals surface area contributed by atoms with Gasteiger partial charge < -0.3 is 9.73 Å². The number of oxazole rings is 1. The van der Waals surface area contributed by atoms with Crippen LogP contribution in [0.3, 0.4) is 0 Å². The molecular formula is C26H21ClN6O2S. The number of hydrogen-bond acceptors (Lipinski definition) is 7. The van der Waals surface area contributed by atoms with Gasteiger partial charge in [0.25, 0.3) is 5.91 Å². The molecule has 180 valence electrons. The van der Waals surface area contributed by atoms with Gasteiger partial charge >= 0.3 is 0 Å². The van der Waals surface area contributed by atoms with Crippen LogP contribution in [0.1, 0.15) is 22.1 Å². The summed E-state index contributed by atoms with van der Waals surface area (Å²) in [4.78, 5) is 21.0. The number of halogens is 1. The zero-order valence-electron chi connectivity index (χ0n) is 19.0. The van der Waals surface area contributed by atoms with Gasteiger partial charge in [-0.1, -0.05) is 59.8 Å². The Bertz CT molecular complexity index is 1460. The molecule has 0 saturated carbocycles. The fourth-order valence-electron chi connectivity index (χ4n) is 3.54. The van der Waals surface area contributed by atoms with E-state index in [4.69, 9.17) is 16.0 Å². The van der Waals surface area contributed by atoms with Crippen molar-refractivity contribution >= 4 is 29.3 Å². The molecule has 0 atom stereocenters. The predicted molar refractivity (Wildman–Crippen MR) is 138 cm³/mol. The molecule has 0 bridgehead atoms. The molecule has 5 rings (SSSR count). The Morgan fingerprint density at radius 1 is 1.00 bits per heavy atom. The van der Waals surface area contributed by atoms with Crippen molar-refractivity contribution in [2.75, 3.05) is 6.54 Å². The highest BCUT2D eigenvalue weighted by Crippen LogP contribution is 2.32. The van der Waals surface area contributed by atoms with Gasteiger partial charge in [-0.3, -0.25) is 14.3 Å². The number of carbonyl (C=O) groups excluding carboxylic acids is 1. The Morgan fingerprint density at radius 2 is 1.81 bits per heavy atom. The number of aromatic nitrogens is 5. The number of thioether (sulfide) groups is 1. The summed E-state index contributed by atoms with van der Waals surface area (Å²) in [5, 5.41) is 12.9. The number of pyridine rings is 1. The van der Waals surface area contributed by atoms with E-state index in [9.17, 15) is 4.79 Å². The van der Waals surface area contributed by atoms with Crippen LogP contribution in [0, 0.1) is 0 Å². The Balaban J connectivity index is 1.28. The number of amides is 1. The molecule has 0 aliphatic heterocycles. The van der Waals surface area contributed by atoms with E-state index in [0.29, 0.717) is 40.6 Å². The first kappa shape index (κ1) is 23.8. The average Bonchev–Trinajstić information content (AvgIpc) is 3.56. The van der Waals surface area contributed by atoms with Gasteiger partial charge in [0.15, 0.2) is 16.7 Å². The van der Waals surface area contributed by atoms with Crippen LogP contribution in [0.5, 0.6) is 0 Å². The molecule has 3 heterocycles. The number of para-hydroxylation sites is 1. The molecule has 2 aromatic carbocycles. The minimum Gasteiger partial charge on any atom is -0.447 e. The summed E-state index contributed by atoms with van der Waals surface area (Å²) in [7, 11) is 0. The molecule has 0 saturated heterocycles. The maximum absolute atomic E-state index is 12.5. The quantitative estimate of drug-likeness (QED) is 0.268. The first-order chi connectivity index (χ1) is 17.7. The van der Waals surface area contributed by atoms with E-state index in [-0.39, 0.29) is 11.6 Å². The molecule has 0 aliphatic carbocycles. The lowest BCUT2D eigenvalue weighted by Crippen LogP contribution is -2.26. The largest absolute Gasteiger partial charge is 0.447 e. The summed E-state index contributed by atoms with van der Waals surface area (Å²) in [6, 6.07) is 23.0. The van der Waals surface area contributed by atoms with Gasteiger partial charge in [-0.15, -0.1) is 10.2 Å². The van der Waals surface area contributed by atoms with Crippen LogP contribution in [0.15, 0.2) is 94.8 Å². The van der Waals surface area contributed by atoms with Crippen molar-refractivity contribution in [3.8, 4) is 17.1 Å². The highest BCUT2D eigenvalue weighted by molar-refractivity contribution is 7.98. The third kappa shape index (κ3) is 5.48. The molecule has 0 radical (unpaired) electrons. The van der Waals surface area contributed by atoms with Crippen molar-refractivity contribution in [3.05, 3.63) is 108 Å². The summed E-state index contributed by atoms with van der Waals surface area (Å²) in [5.74, 6) is 1.13. The average molecular weight is 517 g/mol. The summed E-state index contributed by atoms with van der Waals surface area (Å²) in [5.41, 5.74) is 2.82.